The van der Waals surface area contributed by atoms with Crippen molar-refractivity contribution in [3.8, 4) is 0 Å². The van der Waals surface area contributed by atoms with Crippen LogP contribution < -0.4 is 0 Å². The summed E-state index contributed by atoms with van der Waals surface area (Å²) >= 11 is 4.30. The standard InChI is InChI=1S/C6H4ClF7/c7-3(4(9)10)6(13,14)5(11,12)1-2-8/h1-2H2. The lowest BCUT2D eigenvalue weighted by Gasteiger charge is -2.24. The third kappa shape index (κ3) is 2.52. The Bertz CT molecular complexity index is 230. The van der Waals surface area contributed by atoms with Crippen LogP contribution in [0.2, 0.25) is 0 Å². The fraction of sp³-hybridized carbons (Fsp3) is 0.667. The van der Waals surface area contributed by atoms with Crippen LogP contribution in [0.1, 0.15) is 6.42 Å². The molecule has 0 aromatic rings. The molecule has 0 rings (SSSR count). The maximum Gasteiger partial charge on any atom is 0.350 e. The molecule has 0 heterocycles. The first kappa shape index (κ1) is 13.5. The first-order chi connectivity index (χ1) is 6.16. The second-order valence-electron chi connectivity index (χ2n) is 2.29. The van der Waals surface area contributed by atoms with Crippen molar-refractivity contribution in [1.29, 1.82) is 0 Å². The van der Waals surface area contributed by atoms with E-state index in [0.717, 1.165) is 0 Å². The third-order valence-corrected chi connectivity index (χ3v) is 1.69. The summed E-state index contributed by atoms with van der Waals surface area (Å²) in [5.41, 5.74) is 0. The van der Waals surface area contributed by atoms with Gasteiger partial charge in [-0.15, -0.1) is 0 Å². The molecule has 8 heteroatoms. The molecule has 0 fully saturated rings. The number of hydrogen-bond donors (Lipinski definition) is 0. The fourth-order valence-electron chi connectivity index (χ4n) is 0.555. The van der Waals surface area contributed by atoms with Crippen LogP contribution in [0.25, 0.3) is 0 Å². The van der Waals surface area contributed by atoms with Crippen molar-refractivity contribution in [2.24, 2.45) is 0 Å². The van der Waals surface area contributed by atoms with E-state index in [1.807, 2.05) is 0 Å². The van der Waals surface area contributed by atoms with E-state index in [2.05, 4.69) is 11.6 Å². The van der Waals surface area contributed by atoms with Gasteiger partial charge in [0.2, 0.25) is 0 Å². The van der Waals surface area contributed by atoms with E-state index in [1.54, 1.807) is 0 Å². The molecule has 0 aliphatic carbocycles. The van der Waals surface area contributed by atoms with Gasteiger partial charge in [-0.05, 0) is 0 Å². The normalized spacial score (nSPS) is 12.9. The van der Waals surface area contributed by atoms with Gasteiger partial charge in [0.25, 0.3) is 6.08 Å². The minimum Gasteiger partial charge on any atom is -0.251 e. The van der Waals surface area contributed by atoms with Gasteiger partial charge in [0, 0.05) is 6.42 Å². The first-order valence-corrected chi connectivity index (χ1v) is 3.57. The van der Waals surface area contributed by atoms with Gasteiger partial charge in [-0.1, -0.05) is 11.6 Å². The first-order valence-electron chi connectivity index (χ1n) is 3.19. The summed E-state index contributed by atoms with van der Waals surface area (Å²) in [7, 11) is 0. The molecular formula is C6H4ClF7. The minimum absolute atomic E-state index is 1.76. The van der Waals surface area contributed by atoms with Crippen molar-refractivity contribution in [1.82, 2.24) is 0 Å². The Morgan fingerprint density at radius 2 is 1.50 bits per heavy atom. The van der Waals surface area contributed by atoms with Crippen LogP contribution in [-0.4, -0.2) is 18.5 Å². The molecule has 0 nitrogen and oxygen atoms in total. The smallest absolute Gasteiger partial charge is 0.251 e. The zero-order chi connectivity index (χ0) is 11.6. The fourth-order valence-corrected chi connectivity index (χ4v) is 0.693. The summed E-state index contributed by atoms with van der Waals surface area (Å²) in [4.78, 5) is 0. The van der Waals surface area contributed by atoms with Crippen molar-refractivity contribution in [3.63, 3.8) is 0 Å². The van der Waals surface area contributed by atoms with E-state index in [0.29, 0.717) is 0 Å². The highest BCUT2D eigenvalue weighted by molar-refractivity contribution is 6.30. The predicted molar refractivity (Wildman–Crippen MR) is 35.6 cm³/mol. The molecule has 84 valence electrons. The molecule has 0 bridgehead atoms. The number of halogens is 8. The Balaban J connectivity index is 5.04. The summed E-state index contributed by atoms with van der Waals surface area (Å²) in [6, 6.07) is 0. The lowest BCUT2D eigenvalue weighted by molar-refractivity contribution is -0.188. The average Bonchev–Trinajstić information content (AvgIpc) is 2.02. The Morgan fingerprint density at radius 1 is 1.07 bits per heavy atom. The maximum atomic E-state index is 12.4. The molecule has 0 aliphatic rings. The molecule has 0 amide bonds. The lowest BCUT2D eigenvalue weighted by atomic mass is 10.1. The number of rotatable bonds is 4. The summed E-state index contributed by atoms with van der Waals surface area (Å²) in [6.45, 7) is -1.76. The molecule has 0 aliphatic heterocycles. The van der Waals surface area contributed by atoms with Gasteiger partial charge < -0.3 is 0 Å². The zero-order valence-electron chi connectivity index (χ0n) is 6.44. The average molecular weight is 245 g/mol. The molecule has 0 spiro atoms. The van der Waals surface area contributed by atoms with Gasteiger partial charge in [0.15, 0.2) is 5.03 Å². The van der Waals surface area contributed by atoms with Crippen LogP contribution >= 0.6 is 11.6 Å². The van der Waals surface area contributed by atoms with Crippen molar-refractivity contribution < 1.29 is 30.7 Å². The molecule has 0 N–H and O–H groups in total. The molecule has 14 heavy (non-hydrogen) atoms. The highest BCUT2D eigenvalue weighted by Crippen LogP contribution is 2.45. The molecule has 0 radical (unpaired) electrons. The van der Waals surface area contributed by atoms with Crippen LogP contribution in [0.5, 0.6) is 0 Å². The molecule has 0 saturated heterocycles. The largest absolute Gasteiger partial charge is 0.350 e. The van der Waals surface area contributed by atoms with Gasteiger partial charge >= 0.3 is 11.8 Å². The van der Waals surface area contributed by atoms with Gasteiger partial charge in [0.1, 0.15) is 0 Å². The Morgan fingerprint density at radius 3 is 1.79 bits per heavy atom. The second kappa shape index (κ2) is 4.37. The van der Waals surface area contributed by atoms with E-state index < -0.39 is 36.1 Å². The van der Waals surface area contributed by atoms with Crippen molar-refractivity contribution in [3.05, 3.63) is 11.1 Å². The minimum atomic E-state index is -5.25. The van der Waals surface area contributed by atoms with E-state index in [9.17, 15) is 30.7 Å². The van der Waals surface area contributed by atoms with Gasteiger partial charge in [0.05, 0.1) is 6.67 Å². The number of hydrogen-bond acceptors (Lipinski definition) is 0. The third-order valence-electron chi connectivity index (χ3n) is 1.31. The lowest BCUT2D eigenvalue weighted by Crippen LogP contribution is -2.41. The van der Waals surface area contributed by atoms with E-state index >= 15 is 0 Å². The highest BCUT2D eigenvalue weighted by atomic mass is 35.5. The zero-order valence-corrected chi connectivity index (χ0v) is 7.19. The predicted octanol–water partition coefficient (Wildman–Crippen LogP) is 3.96. The van der Waals surface area contributed by atoms with Crippen LogP contribution in [0, 0.1) is 0 Å². The Hall–Kier alpha value is -0.460. The van der Waals surface area contributed by atoms with Crippen LogP contribution in [0.3, 0.4) is 0 Å². The maximum absolute atomic E-state index is 12.4. The van der Waals surface area contributed by atoms with Crippen LogP contribution in [0.4, 0.5) is 30.7 Å². The van der Waals surface area contributed by atoms with E-state index in [-0.39, 0.29) is 0 Å². The van der Waals surface area contributed by atoms with Crippen molar-refractivity contribution >= 4 is 11.6 Å². The second-order valence-corrected chi connectivity index (χ2v) is 2.67. The van der Waals surface area contributed by atoms with Gasteiger partial charge in [-0.25, -0.2) is 0 Å². The molecular weight excluding hydrogens is 241 g/mol. The monoisotopic (exact) mass is 244 g/mol. The quantitative estimate of drug-likeness (QED) is 0.657. The Kier molecular flexibility index (Phi) is 4.23. The molecule has 0 saturated carbocycles. The summed E-state index contributed by atoms with van der Waals surface area (Å²) in [6.07, 6.45) is -4.99. The molecule has 0 atom stereocenters. The van der Waals surface area contributed by atoms with Crippen LogP contribution in [-0.2, 0) is 0 Å². The van der Waals surface area contributed by atoms with Crippen molar-refractivity contribution in [2.75, 3.05) is 6.67 Å². The highest BCUT2D eigenvalue weighted by Gasteiger charge is 2.59. The Labute approximate surface area is 79.3 Å². The van der Waals surface area contributed by atoms with E-state index in [1.165, 1.54) is 0 Å². The van der Waals surface area contributed by atoms with Gasteiger partial charge in [-0.2, -0.15) is 26.3 Å². The number of allylic oxidation sites excluding steroid dienone is 1. The molecule has 0 aromatic heterocycles. The number of alkyl halides is 5. The van der Waals surface area contributed by atoms with E-state index in [4.69, 9.17) is 0 Å². The van der Waals surface area contributed by atoms with Crippen LogP contribution in [0.15, 0.2) is 11.1 Å². The van der Waals surface area contributed by atoms with Gasteiger partial charge in [-0.3, -0.25) is 4.39 Å². The summed E-state index contributed by atoms with van der Waals surface area (Å²) in [5, 5.41) is -2.56. The summed E-state index contributed by atoms with van der Waals surface area (Å²) in [5.74, 6) is -10.2. The SMILES string of the molecule is FCCC(F)(F)C(F)(F)C(Cl)=C(F)F. The topological polar surface area (TPSA) is 0 Å². The van der Waals surface area contributed by atoms with Crippen molar-refractivity contribution in [2.45, 2.75) is 18.3 Å². The summed E-state index contributed by atoms with van der Waals surface area (Å²) < 4.78 is 84.1. The molecule has 0 aromatic carbocycles. The molecule has 0 unspecified atom stereocenters.